The van der Waals surface area contributed by atoms with Crippen LogP contribution >= 0.6 is 12.4 Å². The zero-order valence-electron chi connectivity index (χ0n) is 17.8. The van der Waals surface area contributed by atoms with Gasteiger partial charge in [0.2, 0.25) is 0 Å². The first kappa shape index (κ1) is 21.9. The highest BCUT2D eigenvalue weighted by Gasteiger charge is 2.40. The molecule has 1 aliphatic carbocycles. The summed E-state index contributed by atoms with van der Waals surface area (Å²) in [6, 6.07) is 6.83. The second-order valence-corrected chi connectivity index (χ2v) is 8.97. The molecule has 1 spiro atoms. The molecule has 3 aliphatic rings. The zero-order chi connectivity index (χ0) is 18.9. The van der Waals surface area contributed by atoms with E-state index in [2.05, 4.69) is 36.9 Å². The molecule has 3 unspecified atom stereocenters. The molecule has 3 atom stereocenters. The van der Waals surface area contributed by atoms with Crippen LogP contribution in [-0.4, -0.2) is 54.9 Å². The summed E-state index contributed by atoms with van der Waals surface area (Å²) in [5.74, 6) is 1.47. The third-order valence-corrected chi connectivity index (χ3v) is 7.01. The summed E-state index contributed by atoms with van der Waals surface area (Å²) in [6.07, 6.45) is 9.37. The first-order valence-electron chi connectivity index (χ1n) is 11.0. The maximum absolute atomic E-state index is 6.15. The van der Waals surface area contributed by atoms with Crippen LogP contribution in [0.3, 0.4) is 0 Å². The fourth-order valence-electron chi connectivity index (χ4n) is 5.44. The second-order valence-electron chi connectivity index (χ2n) is 8.97. The number of hydroxylamine groups is 2. The average molecular weight is 409 g/mol. The van der Waals surface area contributed by atoms with Gasteiger partial charge in [0, 0.05) is 25.0 Å². The van der Waals surface area contributed by atoms with E-state index in [4.69, 9.17) is 9.57 Å². The minimum Gasteiger partial charge on any atom is -0.493 e. The largest absolute Gasteiger partial charge is 0.493 e. The molecule has 2 fully saturated rings. The SMILES string of the molecule is CCCN1CCCCC12CCc1cc(OCC3CN(C)OC3C)ccc1C2.Cl. The number of nitrogens with zero attached hydrogens (tertiary/aromatic N) is 2. The molecule has 0 saturated carbocycles. The molecule has 0 amide bonds. The van der Waals surface area contributed by atoms with Gasteiger partial charge >= 0.3 is 0 Å². The van der Waals surface area contributed by atoms with Crippen molar-refractivity contribution in [2.75, 3.05) is 33.3 Å². The Labute approximate surface area is 176 Å². The average Bonchev–Trinajstić information content (AvgIpc) is 2.99. The van der Waals surface area contributed by atoms with Crippen LogP contribution in [0, 0.1) is 5.92 Å². The molecule has 2 aliphatic heterocycles. The molecule has 2 saturated heterocycles. The number of benzene rings is 1. The number of piperidine rings is 1. The van der Waals surface area contributed by atoms with Crippen molar-refractivity contribution in [3.8, 4) is 5.75 Å². The van der Waals surface area contributed by atoms with Gasteiger partial charge in [-0.15, -0.1) is 12.4 Å². The Morgan fingerprint density at radius 2 is 2.07 bits per heavy atom. The Balaban J connectivity index is 0.00000225. The molecule has 0 radical (unpaired) electrons. The minimum atomic E-state index is 0. The Morgan fingerprint density at radius 3 is 2.82 bits per heavy atom. The predicted octanol–water partition coefficient (Wildman–Crippen LogP) is 4.49. The van der Waals surface area contributed by atoms with Crippen LogP contribution in [0.1, 0.15) is 57.1 Å². The van der Waals surface area contributed by atoms with Gasteiger partial charge in [0.15, 0.2) is 0 Å². The Morgan fingerprint density at radius 1 is 1.21 bits per heavy atom. The van der Waals surface area contributed by atoms with E-state index in [1.807, 2.05) is 12.1 Å². The zero-order valence-corrected chi connectivity index (χ0v) is 18.6. The standard InChI is InChI=1S/C23H36N2O2.ClH/c1-4-12-25-13-6-5-10-23(25)11-9-19-14-22(8-7-20(19)15-23)26-17-21-16-24(3)27-18(21)2;/h7-8,14,18,21H,4-6,9-13,15-17H2,1-3H3;1H. The highest BCUT2D eigenvalue weighted by atomic mass is 35.5. The third-order valence-electron chi connectivity index (χ3n) is 7.01. The van der Waals surface area contributed by atoms with Crippen molar-refractivity contribution in [2.45, 2.75) is 70.4 Å². The van der Waals surface area contributed by atoms with Gasteiger partial charge in [-0.25, -0.2) is 0 Å². The minimum absolute atomic E-state index is 0. The molecule has 0 aromatic heterocycles. The van der Waals surface area contributed by atoms with Crippen molar-refractivity contribution in [2.24, 2.45) is 5.92 Å². The van der Waals surface area contributed by atoms with Crippen LogP contribution in [0.5, 0.6) is 5.75 Å². The van der Waals surface area contributed by atoms with Gasteiger partial charge in [-0.05, 0) is 81.8 Å². The van der Waals surface area contributed by atoms with Crippen molar-refractivity contribution >= 4 is 12.4 Å². The maximum atomic E-state index is 6.15. The molecule has 1 aromatic carbocycles. The van der Waals surface area contributed by atoms with Gasteiger partial charge in [-0.2, -0.15) is 5.06 Å². The number of ether oxygens (including phenoxy) is 1. The van der Waals surface area contributed by atoms with Crippen LogP contribution in [0.4, 0.5) is 0 Å². The smallest absolute Gasteiger partial charge is 0.119 e. The predicted molar refractivity (Wildman–Crippen MR) is 116 cm³/mol. The molecule has 1 aromatic rings. The molecule has 4 nitrogen and oxygen atoms in total. The lowest BCUT2D eigenvalue weighted by molar-refractivity contribution is -0.122. The fraction of sp³-hybridized carbons (Fsp3) is 0.739. The summed E-state index contributed by atoms with van der Waals surface area (Å²) in [5, 5.41) is 1.93. The van der Waals surface area contributed by atoms with Crippen molar-refractivity contribution in [1.82, 2.24) is 9.96 Å². The molecule has 4 rings (SSSR count). The normalized spacial score (nSPS) is 30.8. The summed E-state index contributed by atoms with van der Waals surface area (Å²) >= 11 is 0. The van der Waals surface area contributed by atoms with Crippen molar-refractivity contribution < 1.29 is 9.57 Å². The van der Waals surface area contributed by atoms with Gasteiger partial charge in [0.05, 0.1) is 12.7 Å². The lowest BCUT2D eigenvalue weighted by Crippen LogP contribution is -2.55. The molecular weight excluding hydrogens is 372 g/mol. The van der Waals surface area contributed by atoms with Crippen molar-refractivity contribution in [3.63, 3.8) is 0 Å². The van der Waals surface area contributed by atoms with E-state index in [0.717, 1.165) is 18.9 Å². The molecule has 2 heterocycles. The summed E-state index contributed by atoms with van der Waals surface area (Å²) in [6.45, 7) is 8.68. The second kappa shape index (κ2) is 9.34. The van der Waals surface area contributed by atoms with E-state index in [1.165, 1.54) is 63.6 Å². The van der Waals surface area contributed by atoms with Gasteiger partial charge in [0.1, 0.15) is 5.75 Å². The van der Waals surface area contributed by atoms with Crippen LogP contribution < -0.4 is 4.74 Å². The Bertz CT molecular complexity index is 653. The first-order chi connectivity index (χ1) is 13.1. The molecule has 0 N–H and O–H groups in total. The molecular formula is C23H37ClN2O2. The molecule has 158 valence electrons. The van der Waals surface area contributed by atoms with Crippen molar-refractivity contribution in [3.05, 3.63) is 29.3 Å². The van der Waals surface area contributed by atoms with Crippen LogP contribution in [0.25, 0.3) is 0 Å². The monoisotopic (exact) mass is 408 g/mol. The van der Waals surface area contributed by atoms with Crippen LogP contribution in [-0.2, 0) is 17.7 Å². The number of rotatable bonds is 5. The Hall–Kier alpha value is -0.810. The molecule has 5 heteroatoms. The topological polar surface area (TPSA) is 24.9 Å². The third kappa shape index (κ3) is 4.51. The van der Waals surface area contributed by atoms with E-state index in [-0.39, 0.29) is 18.5 Å². The Kier molecular flexibility index (Phi) is 7.30. The van der Waals surface area contributed by atoms with Crippen molar-refractivity contribution in [1.29, 1.82) is 0 Å². The number of hydrogen-bond acceptors (Lipinski definition) is 4. The fourth-order valence-corrected chi connectivity index (χ4v) is 5.44. The summed E-state index contributed by atoms with van der Waals surface area (Å²) < 4.78 is 6.15. The van der Waals surface area contributed by atoms with Gasteiger partial charge in [0.25, 0.3) is 0 Å². The van der Waals surface area contributed by atoms with E-state index < -0.39 is 0 Å². The lowest BCUT2D eigenvalue weighted by Gasteiger charge is -2.50. The summed E-state index contributed by atoms with van der Waals surface area (Å²) in [5.41, 5.74) is 3.48. The molecule has 0 bridgehead atoms. The summed E-state index contributed by atoms with van der Waals surface area (Å²) in [4.78, 5) is 8.50. The molecule has 28 heavy (non-hydrogen) atoms. The van der Waals surface area contributed by atoms with E-state index >= 15 is 0 Å². The number of hydrogen-bond donors (Lipinski definition) is 0. The van der Waals surface area contributed by atoms with E-state index in [1.54, 1.807) is 5.56 Å². The number of fused-ring (bicyclic) bond motifs is 1. The van der Waals surface area contributed by atoms with Crippen LogP contribution in [0.15, 0.2) is 18.2 Å². The number of halogens is 1. The first-order valence-corrected chi connectivity index (χ1v) is 11.0. The maximum Gasteiger partial charge on any atom is 0.119 e. The van der Waals surface area contributed by atoms with E-state index in [9.17, 15) is 0 Å². The number of likely N-dealkylation sites (tertiary alicyclic amines) is 1. The quantitative estimate of drug-likeness (QED) is 0.716. The summed E-state index contributed by atoms with van der Waals surface area (Å²) in [7, 11) is 2.00. The number of aryl methyl sites for hydroxylation is 1. The van der Waals surface area contributed by atoms with Gasteiger partial charge in [-0.1, -0.05) is 19.4 Å². The van der Waals surface area contributed by atoms with Gasteiger partial charge < -0.3 is 4.74 Å². The lowest BCUT2D eigenvalue weighted by atomic mass is 9.72. The highest BCUT2D eigenvalue weighted by molar-refractivity contribution is 5.85. The van der Waals surface area contributed by atoms with E-state index in [0.29, 0.717) is 11.5 Å². The van der Waals surface area contributed by atoms with Gasteiger partial charge in [-0.3, -0.25) is 9.74 Å². The van der Waals surface area contributed by atoms with Crippen LogP contribution in [0.2, 0.25) is 0 Å². The highest BCUT2D eigenvalue weighted by Crippen LogP contribution is 2.40.